The van der Waals surface area contributed by atoms with Crippen LogP contribution in [-0.4, -0.2) is 130 Å². The molecule has 0 atom stereocenters. The summed E-state index contributed by atoms with van der Waals surface area (Å²) in [6.45, 7) is 16.2. The maximum Gasteiger partial charge on any atom is 0.152 e. The van der Waals surface area contributed by atoms with Gasteiger partial charge in [-0.3, -0.25) is 0 Å². The van der Waals surface area contributed by atoms with Crippen molar-refractivity contribution in [3.8, 4) is 0 Å². The number of nitrogen functional groups attached to an aromatic ring is 1. The Labute approximate surface area is 188 Å². The molecule has 2 N–H and O–H groups in total. The number of fused-ring (bicyclic) bond motifs is 1. The summed E-state index contributed by atoms with van der Waals surface area (Å²) in [5.74, 6) is 1.12. The lowest BCUT2D eigenvalue weighted by Gasteiger charge is -2.39. The van der Waals surface area contributed by atoms with Crippen molar-refractivity contribution in [3.63, 3.8) is 0 Å². The molecule has 1 aromatic rings. The first-order valence-corrected chi connectivity index (χ1v) is 12.2. The number of nitrogens with two attached hydrogens (primary N) is 1. The van der Waals surface area contributed by atoms with Crippen LogP contribution in [0.1, 0.15) is 12.8 Å². The third kappa shape index (κ3) is 6.22. The molecule has 2 fully saturated rings. The molecule has 2 saturated heterocycles. The highest BCUT2D eigenvalue weighted by molar-refractivity contribution is 5.72. The molecule has 31 heavy (non-hydrogen) atoms. The molecule has 0 bridgehead atoms. The maximum atomic E-state index is 6.13. The number of likely N-dealkylation sites (N-methyl/N-ethyl adjacent to an activating group) is 2. The normalized spacial score (nSPS) is 22.1. The van der Waals surface area contributed by atoms with E-state index < -0.39 is 0 Å². The molecule has 0 spiro atoms. The quantitative estimate of drug-likeness (QED) is 0.642. The van der Waals surface area contributed by atoms with Gasteiger partial charge in [0.25, 0.3) is 0 Å². The van der Waals surface area contributed by atoms with E-state index in [1.54, 1.807) is 0 Å². The minimum absolute atomic E-state index is 0.766. The van der Waals surface area contributed by atoms with Crippen LogP contribution in [0.3, 0.4) is 0 Å². The predicted molar refractivity (Wildman–Crippen MR) is 130 cm³/mol. The Bertz CT molecular complexity index is 682. The van der Waals surface area contributed by atoms with Gasteiger partial charge in [0.1, 0.15) is 0 Å². The maximum absolute atomic E-state index is 6.13. The van der Waals surface area contributed by atoms with Crippen molar-refractivity contribution in [2.75, 3.05) is 121 Å². The van der Waals surface area contributed by atoms with Gasteiger partial charge in [-0.15, -0.1) is 0 Å². The zero-order valence-corrected chi connectivity index (χ0v) is 19.7. The summed E-state index contributed by atoms with van der Waals surface area (Å²) >= 11 is 0. The van der Waals surface area contributed by atoms with Gasteiger partial charge >= 0.3 is 0 Å². The van der Waals surface area contributed by atoms with E-state index in [1.165, 1.54) is 84.0 Å². The second kappa shape index (κ2) is 10.8. The van der Waals surface area contributed by atoms with Gasteiger partial charge in [-0.2, -0.15) is 0 Å². The fourth-order valence-corrected chi connectivity index (χ4v) is 4.97. The highest BCUT2D eigenvalue weighted by Gasteiger charge is 2.24. The number of rotatable bonds is 8. The molecule has 0 saturated carbocycles. The predicted octanol–water partition coefficient (Wildman–Crippen LogP) is 0.565. The second-order valence-corrected chi connectivity index (χ2v) is 9.58. The van der Waals surface area contributed by atoms with Crippen molar-refractivity contribution in [2.45, 2.75) is 12.8 Å². The van der Waals surface area contributed by atoms with E-state index in [-0.39, 0.29) is 0 Å². The Balaban J connectivity index is 1.27. The number of hydrogen-bond donors (Lipinski definition) is 1. The topological polar surface area (TPSA) is 58.4 Å². The highest BCUT2D eigenvalue weighted by atomic mass is 15.3. The van der Waals surface area contributed by atoms with Gasteiger partial charge < -0.3 is 35.1 Å². The van der Waals surface area contributed by atoms with Crippen LogP contribution in [0.4, 0.5) is 17.2 Å². The van der Waals surface area contributed by atoms with Gasteiger partial charge in [0.15, 0.2) is 5.82 Å². The van der Waals surface area contributed by atoms with E-state index in [9.17, 15) is 0 Å². The van der Waals surface area contributed by atoms with E-state index >= 15 is 0 Å². The summed E-state index contributed by atoms with van der Waals surface area (Å²) in [6.07, 6.45) is 4.21. The lowest BCUT2D eigenvalue weighted by molar-refractivity contribution is 0.153. The first kappa shape index (κ1) is 22.6. The molecule has 0 radical (unpaired) electrons. The molecule has 4 rings (SSSR count). The molecule has 8 heteroatoms. The van der Waals surface area contributed by atoms with Crippen molar-refractivity contribution in [3.05, 3.63) is 12.3 Å². The summed E-state index contributed by atoms with van der Waals surface area (Å²) in [7, 11) is 4.44. The van der Waals surface area contributed by atoms with Gasteiger partial charge in [-0.1, -0.05) is 0 Å². The summed E-state index contributed by atoms with van der Waals surface area (Å²) in [5.41, 5.74) is 8.12. The molecule has 8 nitrogen and oxygen atoms in total. The largest absolute Gasteiger partial charge is 0.397 e. The number of aromatic nitrogens is 1. The van der Waals surface area contributed by atoms with Gasteiger partial charge in [-0.05, 0) is 46.1 Å². The summed E-state index contributed by atoms with van der Waals surface area (Å²) in [4.78, 5) is 19.8. The van der Waals surface area contributed by atoms with Gasteiger partial charge in [-0.25, -0.2) is 4.98 Å². The molecule has 1 aromatic heterocycles. The molecule has 4 heterocycles. The molecule has 3 aliphatic heterocycles. The molecule has 174 valence electrons. The van der Waals surface area contributed by atoms with Gasteiger partial charge in [0.05, 0.1) is 17.6 Å². The van der Waals surface area contributed by atoms with E-state index in [0.29, 0.717) is 0 Å². The van der Waals surface area contributed by atoms with E-state index in [1.807, 2.05) is 6.20 Å². The molecule has 0 amide bonds. The van der Waals surface area contributed by atoms with Crippen LogP contribution in [0.5, 0.6) is 0 Å². The second-order valence-electron chi connectivity index (χ2n) is 9.58. The van der Waals surface area contributed by atoms with Crippen molar-refractivity contribution in [1.29, 1.82) is 0 Å². The Kier molecular flexibility index (Phi) is 7.87. The van der Waals surface area contributed by atoms with Crippen LogP contribution >= 0.6 is 0 Å². The minimum Gasteiger partial charge on any atom is -0.397 e. The van der Waals surface area contributed by atoms with Crippen molar-refractivity contribution in [2.24, 2.45) is 0 Å². The number of nitrogens with zero attached hydrogens (tertiary/aromatic N) is 7. The minimum atomic E-state index is 0.766. The van der Waals surface area contributed by atoms with E-state index in [0.717, 1.165) is 37.7 Å². The Hall–Kier alpha value is -1.61. The van der Waals surface area contributed by atoms with Gasteiger partial charge in [0.2, 0.25) is 0 Å². The first-order valence-electron chi connectivity index (χ1n) is 12.2. The molecule has 0 aromatic carbocycles. The Morgan fingerprint density at radius 1 is 0.710 bits per heavy atom. The van der Waals surface area contributed by atoms with Crippen LogP contribution in [-0.2, 0) is 0 Å². The first-order chi connectivity index (χ1) is 15.1. The third-order valence-electron chi connectivity index (χ3n) is 7.14. The van der Waals surface area contributed by atoms with E-state index in [2.05, 4.69) is 49.6 Å². The molecule has 0 unspecified atom stereocenters. The number of anilines is 3. The SMILES string of the molecule is CN1CCN(CCCN2CCN(CCCN3CCN(C)CC3)c3ncc(N)cc32)CC1. The van der Waals surface area contributed by atoms with Gasteiger partial charge in [0, 0.05) is 78.5 Å². The van der Waals surface area contributed by atoms with Crippen molar-refractivity contribution in [1.82, 2.24) is 24.6 Å². The Morgan fingerprint density at radius 2 is 1.23 bits per heavy atom. The van der Waals surface area contributed by atoms with Crippen LogP contribution in [0, 0.1) is 0 Å². The lowest BCUT2D eigenvalue weighted by atomic mass is 10.2. The Morgan fingerprint density at radius 3 is 1.81 bits per heavy atom. The summed E-state index contributed by atoms with van der Waals surface area (Å²) < 4.78 is 0. The standard InChI is InChI=1S/C23H42N8/c1-26-9-13-28(14-10-26)5-3-7-30-17-18-31(23-22(30)19-21(24)20-25-23)8-4-6-29-15-11-27(2)12-16-29/h19-20H,3-18,24H2,1-2H3. The number of pyridine rings is 1. The van der Waals surface area contributed by atoms with E-state index in [4.69, 9.17) is 10.7 Å². The number of piperazine rings is 2. The van der Waals surface area contributed by atoms with Crippen LogP contribution in [0.2, 0.25) is 0 Å². The van der Waals surface area contributed by atoms with Crippen LogP contribution in [0.25, 0.3) is 0 Å². The summed E-state index contributed by atoms with van der Waals surface area (Å²) in [5, 5.41) is 0. The lowest BCUT2D eigenvalue weighted by Crippen LogP contribution is -2.47. The summed E-state index contributed by atoms with van der Waals surface area (Å²) in [6, 6.07) is 2.13. The average Bonchev–Trinajstić information content (AvgIpc) is 2.77. The average molecular weight is 431 g/mol. The van der Waals surface area contributed by atoms with Crippen molar-refractivity contribution < 1.29 is 0 Å². The molecule has 3 aliphatic rings. The third-order valence-corrected chi connectivity index (χ3v) is 7.14. The van der Waals surface area contributed by atoms with Crippen LogP contribution < -0.4 is 15.5 Å². The highest BCUT2D eigenvalue weighted by Crippen LogP contribution is 2.32. The molecule has 0 aliphatic carbocycles. The smallest absolute Gasteiger partial charge is 0.152 e. The fraction of sp³-hybridized carbons (Fsp3) is 0.783. The van der Waals surface area contributed by atoms with Crippen molar-refractivity contribution >= 4 is 17.2 Å². The molecular formula is C23H42N8. The number of hydrogen-bond acceptors (Lipinski definition) is 8. The fourth-order valence-electron chi connectivity index (χ4n) is 4.97. The molecular weight excluding hydrogens is 388 g/mol. The zero-order chi connectivity index (χ0) is 21.6. The van der Waals surface area contributed by atoms with Crippen LogP contribution in [0.15, 0.2) is 12.3 Å². The monoisotopic (exact) mass is 430 g/mol. The zero-order valence-electron chi connectivity index (χ0n) is 19.7.